The first-order valence-corrected chi connectivity index (χ1v) is 11.4. The highest BCUT2D eigenvalue weighted by Crippen LogP contribution is 2.65. The Morgan fingerprint density at radius 2 is 1.90 bits per heavy atom. The van der Waals surface area contributed by atoms with Crippen LogP contribution in [-0.4, -0.2) is 64.0 Å². The SMILES string of the molecule is CN1CCN(Nc2cnn(C34C[C@@H]5C[C@H](CC(CC(=O)O)(C5)C3)C4)c(=O)c2Cl)CC1. The Hall–Kier alpha value is -1.64. The van der Waals surface area contributed by atoms with E-state index in [-0.39, 0.29) is 22.4 Å². The van der Waals surface area contributed by atoms with Gasteiger partial charge in [0.15, 0.2) is 0 Å². The third kappa shape index (κ3) is 3.42. The molecule has 0 unspecified atom stereocenters. The van der Waals surface area contributed by atoms with Gasteiger partial charge in [0, 0.05) is 26.2 Å². The standard InChI is InChI=1S/C21H30ClN5O3/c1-25-2-4-26(5-3-25)24-16-12-23-27(19(30)18(16)22)21-9-14-6-15(10-21)8-20(7-14,13-21)11-17(28)29/h12,14-15,24H,2-11,13H2,1H3,(H,28,29)/t14-,15-,20?,21?/m1/s1. The van der Waals surface area contributed by atoms with Gasteiger partial charge in [-0.15, -0.1) is 0 Å². The normalized spacial score (nSPS) is 36.2. The average molecular weight is 436 g/mol. The zero-order valence-corrected chi connectivity index (χ0v) is 18.2. The number of hydrogen-bond donors (Lipinski definition) is 2. The maximum atomic E-state index is 13.3. The summed E-state index contributed by atoms with van der Waals surface area (Å²) in [6.45, 7) is 3.60. The molecule has 1 aliphatic heterocycles. The van der Waals surface area contributed by atoms with Crippen LogP contribution in [0.1, 0.15) is 44.9 Å². The third-order valence-corrected chi connectivity index (χ3v) is 8.19. The van der Waals surface area contributed by atoms with Crippen LogP contribution >= 0.6 is 11.6 Å². The van der Waals surface area contributed by atoms with E-state index in [0.717, 1.165) is 58.3 Å². The van der Waals surface area contributed by atoms with Crippen LogP contribution in [0.4, 0.5) is 5.69 Å². The molecule has 4 aliphatic carbocycles. The summed E-state index contributed by atoms with van der Waals surface area (Å²) in [7, 11) is 2.09. The first-order chi connectivity index (χ1) is 14.3. The first-order valence-electron chi connectivity index (χ1n) is 11.0. The second kappa shape index (κ2) is 7.21. The number of halogens is 1. The molecule has 6 rings (SSSR count). The summed E-state index contributed by atoms with van der Waals surface area (Å²) in [6, 6.07) is 0. The Labute approximate surface area is 181 Å². The van der Waals surface area contributed by atoms with Crippen molar-refractivity contribution in [3.05, 3.63) is 21.6 Å². The number of aromatic nitrogens is 2. The number of hydrogen-bond acceptors (Lipinski definition) is 6. The summed E-state index contributed by atoms with van der Waals surface area (Å²) < 4.78 is 1.61. The van der Waals surface area contributed by atoms with Gasteiger partial charge < -0.3 is 15.4 Å². The van der Waals surface area contributed by atoms with Crippen molar-refractivity contribution < 1.29 is 9.90 Å². The van der Waals surface area contributed by atoms with Gasteiger partial charge in [0.25, 0.3) is 5.56 Å². The van der Waals surface area contributed by atoms with Gasteiger partial charge in [-0.1, -0.05) is 11.6 Å². The van der Waals surface area contributed by atoms with E-state index in [0.29, 0.717) is 23.9 Å². The Balaban J connectivity index is 1.43. The van der Waals surface area contributed by atoms with Crippen LogP contribution in [0.5, 0.6) is 0 Å². The van der Waals surface area contributed by atoms with Crippen molar-refractivity contribution in [2.75, 3.05) is 38.7 Å². The van der Waals surface area contributed by atoms with E-state index in [2.05, 4.69) is 27.5 Å². The summed E-state index contributed by atoms with van der Waals surface area (Å²) in [5.41, 5.74) is 2.95. The quantitative estimate of drug-likeness (QED) is 0.732. The molecule has 9 heteroatoms. The van der Waals surface area contributed by atoms with Crippen molar-refractivity contribution in [1.82, 2.24) is 19.7 Å². The number of aliphatic carboxylic acids is 1. The molecule has 5 fully saturated rings. The lowest BCUT2D eigenvalue weighted by atomic mass is 9.46. The van der Waals surface area contributed by atoms with E-state index in [1.54, 1.807) is 10.9 Å². The Bertz CT molecular complexity index is 896. The number of carboxylic acid groups (broad SMARTS) is 1. The van der Waals surface area contributed by atoms with E-state index in [1.807, 2.05) is 0 Å². The molecule has 0 aromatic carbocycles. The molecule has 2 heterocycles. The van der Waals surface area contributed by atoms with Gasteiger partial charge in [0.1, 0.15) is 5.02 Å². The molecule has 0 amide bonds. The largest absolute Gasteiger partial charge is 0.481 e. The van der Waals surface area contributed by atoms with Crippen LogP contribution < -0.4 is 11.0 Å². The monoisotopic (exact) mass is 435 g/mol. The fourth-order valence-electron chi connectivity index (χ4n) is 7.11. The minimum absolute atomic E-state index is 0.173. The van der Waals surface area contributed by atoms with Gasteiger partial charge >= 0.3 is 5.97 Å². The van der Waals surface area contributed by atoms with Crippen molar-refractivity contribution >= 4 is 23.3 Å². The molecule has 2 atom stereocenters. The van der Waals surface area contributed by atoms with Crippen LogP contribution in [0.2, 0.25) is 5.02 Å². The van der Waals surface area contributed by atoms with E-state index in [9.17, 15) is 14.7 Å². The molecular weight excluding hydrogens is 406 g/mol. The Morgan fingerprint density at radius 1 is 1.23 bits per heavy atom. The third-order valence-electron chi connectivity index (χ3n) is 7.83. The Morgan fingerprint density at radius 3 is 2.53 bits per heavy atom. The van der Waals surface area contributed by atoms with Crippen molar-refractivity contribution in [3.8, 4) is 0 Å². The zero-order valence-electron chi connectivity index (χ0n) is 17.4. The predicted molar refractivity (Wildman–Crippen MR) is 114 cm³/mol. The number of anilines is 1. The predicted octanol–water partition coefficient (Wildman–Crippen LogP) is 2.24. The molecule has 2 N–H and O–H groups in total. The maximum absolute atomic E-state index is 13.3. The van der Waals surface area contributed by atoms with Crippen LogP contribution in [0.3, 0.4) is 0 Å². The molecule has 30 heavy (non-hydrogen) atoms. The van der Waals surface area contributed by atoms with Gasteiger partial charge in [-0.3, -0.25) is 9.59 Å². The molecule has 0 spiro atoms. The van der Waals surface area contributed by atoms with Gasteiger partial charge in [-0.2, -0.15) is 5.10 Å². The number of nitrogens with one attached hydrogen (secondary N) is 1. The van der Waals surface area contributed by atoms with E-state index >= 15 is 0 Å². The molecule has 5 aliphatic rings. The van der Waals surface area contributed by atoms with Crippen LogP contribution in [0.15, 0.2) is 11.0 Å². The fraction of sp³-hybridized carbons (Fsp3) is 0.762. The minimum atomic E-state index is -0.739. The molecule has 1 aromatic heterocycles. The highest BCUT2D eigenvalue weighted by atomic mass is 35.5. The lowest BCUT2D eigenvalue weighted by Gasteiger charge is -2.61. The highest BCUT2D eigenvalue weighted by Gasteiger charge is 2.59. The summed E-state index contributed by atoms with van der Waals surface area (Å²) in [6.07, 6.45) is 7.45. The number of rotatable bonds is 5. The van der Waals surface area contributed by atoms with Crippen molar-refractivity contribution in [2.24, 2.45) is 17.3 Å². The molecule has 4 saturated carbocycles. The van der Waals surface area contributed by atoms with Gasteiger partial charge in [0.2, 0.25) is 0 Å². The fourth-order valence-corrected chi connectivity index (χ4v) is 7.29. The molecule has 0 radical (unpaired) electrons. The van der Waals surface area contributed by atoms with Crippen LogP contribution in [0, 0.1) is 17.3 Å². The second-order valence-corrected chi connectivity index (χ2v) is 10.6. The molecular formula is C21H30ClN5O3. The van der Waals surface area contributed by atoms with Gasteiger partial charge in [0.05, 0.1) is 23.8 Å². The summed E-state index contributed by atoms with van der Waals surface area (Å²) >= 11 is 6.54. The number of hydrazine groups is 1. The van der Waals surface area contributed by atoms with Crippen LogP contribution in [-0.2, 0) is 10.3 Å². The Kier molecular flexibility index (Phi) is 4.87. The second-order valence-electron chi connectivity index (χ2n) is 10.2. The molecule has 4 bridgehead atoms. The van der Waals surface area contributed by atoms with Crippen LogP contribution in [0.25, 0.3) is 0 Å². The van der Waals surface area contributed by atoms with Crippen molar-refractivity contribution in [3.63, 3.8) is 0 Å². The number of piperazine rings is 1. The number of carbonyl (C=O) groups is 1. The maximum Gasteiger partial charge on any atom is 0.303 e. The van der Waals surface area contributed by atoms with E-state index in [1.165, 1.54) is 0 Å². The molecule has 164 valence electrons. The summed E-state index contributed by atoms with van der Waals surface area (Å²) in [5.74, 6) is 0.208. The minimum Gasteiger partial charge on any atom is -0.481 e. The summed E-state index contributed by atoms with van der Waals surface area (Å²) in [5, 5.41) is 16.3. The van der Waals surface area contributed by atoms with Crippen molar-refractivity contribution in [1.29, 1.82) is 0 Å². The molecule has 1 aromatic rings. The molecule has 8 nitrogen and oxygen atoms in total. The smallest absolute Gasteiger partial charge is 0.303 e. The first kappa shape index (κ1) is 20.3. The summed E-state index contributed by atoms with van der Waals surface area (Å²) in [4.78, 5) is 27.1. The topological polar surface area (TPSA) is 90.7 Å². The lowest BCUT2D eigenvalue weighted by molar-refractivity contribution is -0.151. The van der Waals surface area contributed by atoms with E-state index < -0.39 is 11.5 Å². The van der Waals surface area contributed by atoms with Gasteiger partial charge in [-0.25, -0.2) is 9.69 Å². The van der Waals surface area contributed by atoms with E-state index in [4.69, 9.17) is 11.6 Å². The van der Waals surface area contributed by atoms with Gasteiger partial charge in [-0.05, 0) is 62.8 Å². The molecule has 1 saturated heterocycles. The zero-order chi connectivity index (χ0) is 21.1. The number of carboxylic acids is 1. The van der Waals surface area contributed by atoms with Crippen molar-refractivity contribution in [2.45, 2.75) is 50.5 Å². The lowest BCUT2D eigenvalue weighted by Crippen LogP contribution is -2.59. The highest BCUT2D eigenvalue weighted by molar-refractivity contribution is 6.32. The number of nitrogens with zero attached hydrogens (tertiary/aromatic N) is 4. The average Bonchev–Trinajstić information content (AvgIpc) is 2.65. The number of likely N-dealkylation sites (N-methyl/N-ethyl adjacent to an activating group) is 1.